The molecule has 1 saturated heterocycles. The Morgan fingerprint density at radius 1 is 1.15 bits per heavy atom. The lowest BCUT2D eigenvalue weighted by atomic mass is 9.89. The number of hydrogen-bond acceptors (Lipinski definition) is 3. The van der Waals surface area contributed by atoms with Crippen molar-refractivity contribution < 1.29 is 14.3 Å². The van der Waals surface area contributed by atoms with Crippen LogP contribution in [0, 0.1) is 0 Å². The molecule has 6 heteroatoms. The van der Waals surface area contributed by atoms with Gasteiger partial charge in [-0.3, -0.25) is 9.59 Å². The molecule has 4 rings (SSSR count). The maximum Gasteiger partial charge on any atom is 0.289 e. The van der Waals surface area contributed by atoms with Crippen LogP contribution < -0.4 is 5.32 Å². The minimum atomic E-state index is -0.207. The van der Waals surface area contributed by atoms with Crippen molar-refractivity contribution in [1.29, 1.82) is 0 Å². The van der Waals surface area contributed by atoms with Gasteiger partial charge in [0.25, 0.3) is 5.91 Å². The molecule has 2 amide bonds. The van der Waals surface area contributed by atoms with Gasteiger partial charge in [0.1, 0.15) is 12.6 Å². The van der Waals surface area contributed by atoms with Crippen LogP contribution in [0.4, 0.5) is 0 Å². The van der Waals surface area contributed by atoms with E-state index in [0.717, 1.165) is 48.6 Å². The highest BCUT2D eigenvalue weighted by molar-refractivity contribution is 9.10. The van der Waals surface area contributed by atoms with E-state index in [1.165, 1.54) is 5.56 Å². The summed E-state index contributed by atoms with van der Waals surface area (Å²) in [4.78, 5) is 28.0. The number of rotatable bonds is 7. The third kappa shape index (κ3) is 6.05. The van der Waals surface area contributed by atoms with Gasteiger partial charge >= 0.3 is 0 Å². The minimum absolute atomic E-state index is 0.0336. The highest BCUT2D eigenvalue weighted by Crippen LogP contribution is 2.33. The van der Waals surface area contributed by atoms with Crippen LogP contribution in [0.5, 0.6) is 0 Å². The monoisotopic (exact) mass is 510 g/mol. The number of hydrogen-bond donors (Lipinski definition) is 1. The van der Waals surface area contributed by atoms with Gasteiger partial charge in [0.2, 0.25) is 5.91 Å². The Morgan fingerprint density at radius 2 is 1.88 bits per heavy atom. The van der Waals surface area contributed by atoms with E-state index in [1.54, 1.807) is 11.0 Å². The Hall–Kier alpha value is -2.60. The van der Waals surface area contributed by atoms with Crippen LogP contribution in [0.25, 0.3) is 6.08 Å². The van der Waals surface area contributed by atoms with Crippen molar-refractivity contribution in [3.63, 3.8) is 0 Å². The molecule has 33 heavy (non-hydrogen) atoms. The van der Waals surface area contributed by atoms with Gasteiger partial charge in [-0.15, -0.1) is 0 Å². The summed E-state index contributed by atoms with van der Waals surface area (Å²) >= 11 is 3.54. The standard InChI is InChI=1S/C27H31BrN2O3/c1-19(15-16-20-9-3-2-4-10-20)29-26(31)18-30-23-13-7-8-14-24(23)33-25(27(30)32)17-21-11-5-6-12-22(21)28/h2-6,9-12,17,19,23-24H,7-8,13-16,18H2,1H3,(H,29,31)/b25-17+. The number of nitrogens with zero attached hydrogens (tertiary/aromatic N) is 1. The lowest BCUT2D eigenvalue weighted by Gasteiger charge is -2.44. The molecule has 174 valence electrons. The number of halogens is 1. The SMILES string of the molecule is CC(CCc1ccccc1)NC(=O)CN1C(=O)/C(=C\c2ccccc2Br)OC2CCCCC21. The number of benzene rings is 2. The van der Waals surface area contributed by atoms with E-state index in [9.17, 15) is 9.59 Å². The zero-order valence-corrected chi connectivity index (χ0v) is 20.6. The van der Waals surface area contributed by atoms with Gasteiger partial charge in [0.15, 0.2) is 5.76 Å². The second-order valence-corrected chi connectivity index (χ2v) is 9.82. The fourth-order valence-corrected chi connectivity index (χ4v) is 5.07. The van der Waals surface area contributed by atoms with E-state index in [-0.39, 0.29) is 36.5 Å². The predicted molar refractivity (Wildman–Crippen MR) is 133 cm³/mol. The number of amides is 2. The first-order chi connectivity index (χ1) is 16.0. The van der Waals surface area contributed by atoms with Crippen molar-refractivity contribution in [2.24, 2.45) is 0 Å². The van der Waals surface area contributed by atoms with Gasteiger partial charge in [-0.2, -0.15) is 0 Å². The van der Waals surface area contributed by atoms with Crippen molar-refractivity contribution in [1.82, 2.24) is 10.2 Å². The van der Waals surface area contributed by atoms with Crippen LogP contribution in [0.1, 0.15) is 50.2 Å². The third-order valence-corrected chi connectivity index (χ3v) is 7.16. The van der Waals surface area contributed by atoms with E-state index >= 15 is 0 Å². The van der Waals surface area contributed by atoms with Crippen molar-refractivity contribution in [3.05, 3.63) is 76.0 Å². The summed E-state index contributed by atoms with van der Waals surface area (Å²) in [6.07, 6.45) is 7.38. The lowest BCUT2D eigenvalue weighted by molar-refractivity contribution is -0.152. The number of ether oxygens (including phenoxy) is 1. The first kappa shape index (κ1) is 23.6. The Balaban J connectivity index is 1.43. The van der Waals surface area contributed by atoms with Crippen LogP contribution in [-0.2, 0) is 20.7 Å². The van der Waals surface area contributed by atoms with Crippen molar-refractivity contribution in [2.75, 3.05) is 6.54 Å². The smallest absolute Gasteiger partial charge is 0.289 e. The third-order valence-electron chi connectivity index (χ3n) is 6.44. The second-order valence-electron chi connectivity index (χ2n) is 8.96. The molecule has 1 heterocycles. The van der Waals surface area contributed by atoms with Crippen LogP contribution in [0.2, 0.25) is 0 Å². The van der Waals surface area contributed by atoms with Crippen molar-refractivity contribution in [2.45, 2.75) is 63.6 Å². The number of aryl methyl sites for hydroxylation is 1. The topological polar surface area (TPSA) is 58.6 Å². The Morgan fingerprint density at radius 3 is 2.67 bits per heavy atom. The van der Waals surface area contributed by atoms with E-state index in [2.05, 4.69) is 33.4 Å². The normalized spacial score (nSPS) is 22.4. The Bertz CT molecular complexity index is 1010. The molecule has 2 aromatic carbocycles. The summed E-state index contributed by atoms with van der Waals surface area (Å²) < 4.78 is 7.06. The molecule has 5 nitrogen and oxygen atoms in total. The van der Waals surface area contributed by atoms with Crippen LogP contribution >= 0.6 is 15.9 Å². The zero-order valence-electron chi connectivity index (χ0n) is 19.0. The molecule has 2 fully saturated rings. The molecule has 0 bridgehead atoms. The van der Waals surface area contributed by atoms with Gasteiger partial charge in [0, 0.05) is 10.5 Å². The molecule has 3 atom stereocenters. The van der Waals surface area contributed by atoms with Crippen LogP contribution in [0.15, 0.2) is 64.8 Å². The zero-order chi connectivity index (χ0) is 23.2. The molecule has 1 N–H and O–H groups in total. The van der Waals surface area contributed by atoms with Gasteiger partial charge in [-0.1, -0.05) is 70.9 Å². The fourth-order valence-electron chi connectivity index (χ4n) is 4.67. The average molecular weight is 511 g/mol. The van der Waals surface area contributed by atoms with Crippen molar-refractivity contribution in [3.8, 4) is 0 Å². The van der Waals surface area contributed by atoms with Crippen LogP contribution in [-0.4, -0.2) is 41.4 Å². The molecule has 0 radical (unpaired) electrons. The molecule has 3 unspecified atom stereocenters. The second kappa shape index (κ2) is 11.0. The number of morpholine rings is 1. The van der Waals surface area contributed by atoms with E-state index < -0.39 is 0 Å². The summed E-state index contributed by atoms with van der Waals surface area (Å²) in [5, 5.41) is 3.09. The predicted octanol–water partition coefficient (Wildman–Crippen LogP) is 5.10. The number of carbonyl (C=O) groups excluding carboxylic acids is 2. The Labute approximate surface area is 204 Å². The fraction of sp³-hybridized carbons (Fsp3) is 0.407. The lowest BCUT2D eigenvalue weighted by Crippen LogP contribution is -2.57. The largest absolute Gasteiger partial charge is 0.482 e. The summed E-state index contributed by atoms with van der Waals surface area (Å²) in [7, 11) is 0. The molecule has 1 aliphatic carbocycles. The average Bonchev–Trinajstić information content (AvgIpc) is 2.82. The molecular weight excluding hydrogens is 480 g/mol. The van der Waals surface area contributed by atoms with Crippen molar-refractivity contribution >= 4 is 33.8 Å². The maximum atomic E-state index is 13.4. The molecule has 0 aromatic heterocycles. The molecule has 0 spiro atoms. The summed E-state index contributed by atoms with van der Waals surface area (Å²) in [5.41, 5.74) is 2.14. The van der Waals surface area contributed by atoms with Gasteiger partial charge in [-0.05, 0) is 62.3 Å². The van der Waals surface area contributed by atoms with Gasteiger partial charge in [-0.25, -0.2) is 0 Å². The maximum absolute atomic E-state index is 13.4. The number of nitrogens with one attached hydrogen (secondary N) is 1. The highest BCUT2D eigenvalue weighted by atomic mass is 79.9. The van der Waals surface area contributed by atoms with Crippen LogP contribution in [0.3, 0.4) is 0 Å². The van der Waals surface area contributed by atoms with E-state index in [4.69, 9.17) is 4.74 Å². The first-order valence-electron chi connectivity index (χ1n) is 11.8. The van der Waals surface area contributed by atoms with E-state index in [1.807, 2.05) is 49.4 Å². The highest BCUT2D eigenvalue weighted by Gasteiger charge is 2.42. The summed E-state index contributed by atoms with van der Waals surface area (Å²) in [6, 6.07) is 18.0. The van der Waals surface area contributed by atoms with Gasteiger partial charge < -0.3 is 15.0 Å². The summed E-state index contributed by atoms with van der Waals surface area (Å²) in [5.74, 6) is -0.00801. The van der Waals surface area contributed by atoms with E-state index in [0.29, 0.717) is 5.76 Å². The molecule has 1 aliphatic heterocycles. The first-order valence-corrected chi connectivity index (χ1v) is 12.6. The minimum Gasteiger partial charge on any atom is -0.482 e. The molecule has 2 aromatic rings. The Kier molecular flexibility index (Phi) is 7.86. The number of fused-ring (bicyclic) bond motifs is 1. The molecule has 1 saturated carbocycles. The molecule has 2 aliphatic rings. The molecular formula is C27H31BrN2O3. The quantitative estimate of drug-likeness (QED) is 0.527. The van der Waals surface area contributed by atoms with Gasteiger partial charge in [0.05, 0.1) is 6.04 Å². The summed E-state index contributed by atoms with van der Waals surface area (Å²) in [6.45, 7) is 2.08. The number of carbonyl (C=O) groups is 2.